The third kappa shape index (κ3) is 2.72. The normalized spacial score (nSPS) is 19.9. The second kappa shape index (κ2) is 5.46. The molecule has 20 heavy (non-hydrogen) atoms. The summed E-state index contributed by atoms with van der Waals surface area (Å²) in [6, 6.07) is 3.67. The molecule has 0 spiro atoms. The first kappa shape index (κ1) is 14.3. The molecule has 7 heteroatoms. The maximum atomic E-state index is 12.3. The lowest BCUT2D eigenvalue weighted by Crippen LogP contribution is -2.32. The molecule has 2 atom stereocenters. The van der Waals surface area contributed by atoms with Crippen LogP contribution in [0.15, 0.2) is 18.2 Å². The van der Waals surface area contributed by atoms with Crippen molar-refractivity contribution in [2.45, 2.75) is 19.4 Å². The van der Waals surface area contributed by atoms with Crippen molar-refractivity contribution in [2.24, 2.45) is 11.7 Å². The van der Waals surface area contributed by atoms with E-state index in [1.165, 1.54) is 6.07 Å². The van der Waals surface area contributed by atoms with Gasteiger partial charge in [0.25, 0.3) is 5.91 Å². The Morgan fingerprint density at radius 2 is 2.30 bits per heavy atom. The zero-order chi connectivity index (χ0) is 14.9. The van der Waals surface area contributed by atoms with Gasteiger partial charge >= 0.3 is 5.69 Å². The van der Waals surface area contributed by atoms with Crippen molar-refractivity contribution in [3.05, 3.63) is 33.9 Å². The lowest BCUT2D eigenvalue weighted by molar-refractivity contribution is -0.385. The van der Waals surface area contributed by atoms with Gasteiger partial charge < -0.3 is 15.7 Å². The highest BCUT2D eigenvalue weighted by atomic mass is 16.6. The SMILES string of the molecule is CC(N)C1CCN(C(=O)c2ccc([N+](=O)[O-])c(O)c2)C1. The number of nitrogens with zero attached hydrogens (tertiary/aromatic N) is 2. The zero-order valence-corrected chi connectivity index (χ0v) is 11.2. The number of nitrogens with two attached hydrogens (primary N) is 1. The molecule has 3 N–H and O–H groups in total. The molecule has 1 aromatic rings. The summed E-state index contributed by atoms with van der Waals surface area (Å²) in [6.07, 6.45) is 0.850. The number of phenolic OH excluding ortho intramolecular Hbond substituents is 1. The van der Waals surface area contributed by atoms with Crippen molar-refractivity contribution in [3.8, 4) is 5.75 Å². The smallest absolute Gasteiger partial charge is 0.310 e. The summed E-state index contributed by atoms with van der Waals surface area (Å²) < 4.78 is 0. The van der Waals surface area contributed by atoms with Gasteiger partial charge in [0.1, 0.15) is 0 Å². The van der Waals surface area contributed by atoms with E-state index >= 15 is 0 Å². The number of amides is 1. The van der Waals surface area contributed by atoms with Gasteiger partial charge in [0, 0.05) is 30.8 Å². The molecule has 1 amide bonds. The summed E-state index contributed by atoms with van der Waals surface area (Å²) in [7, 11) is 0. The third-order valence-corrected chi connectivity index (χ3v) is 3.67. The number of hydrogen-bond acceptors (Lipinski definition) is 5. The number of hydrogen-bond donors (Lipinski definition) is 2. The highest BCUT2D eigenvalue weighted by Gasteiger charge is 2.29. The van der Waals surface area contributed by atoms with Crippen LogP contribution >= 0.6 is 0 Å². The van der Waals surface area contributed by atoms with Crippen LogP contribution in [0.25, 0.3) is 0 Å². The van der Waals surface area contributed by atoms with Crippen LogP contribution in [-0.4, -0.2) is 40.0 Å². The van der Waals surface area contributed by atoms with E-state index < -0.39 is 16.4 Å². The van der Waals surface area contributed by atoms with Crippen LogP contribution in [0.3, 0.4) is 0 Å². The minimum atomic E-state index is -0.689. The van der Waals surface area contributed by atoms with E-state index in [0.717, 1.165) is 18.6 Å². The maximum Gasteiger partial charge on any atom is 0.310 e. The molecular formula is C13H17N3O4. The van der Waals surface area contributed by atoms with Crippen molar-refractivity contribution in [2.75, 3.05) is 13.1 Å². The van der Waals surface area contributed by atoms with Gasteiger partial charge in [-0.15, -0.1) is 0 Å². The lowest BCUT2D eigenvalue weighted by atomic mass is 10.0. The summed E-state index contributed by atoms with van der Waals surface area (Å²) in [5, 5.41) is 20.2. The Kier molecular flexibility index (Phi) is 3.89. The Morgan fingerprint density at radius 3 is 2.80 bits per heavy atom. The summed E-state index contributed by atoms with van der Waals surface area (Å²) in [5.41, 5.74) is 5.67. The molecule has 1 aliphatic heterocycles. The summed E-state index contributed by atoms with van der Waals surface area (Å²) in [4.78, 5) is 23.8. The van der Waals surface area contributed by atoms with Gasteiger partial charge in [0.2, 0.25) is 0 Å². The van der Waals surface area contributed by atoms with Crippen LogP contribution in [0.1, 0.15) is 23.7 Å². The number of likely N-dealkylation sites (tertiary alicyclic amines) is 1. The molecular weight excluding hydrogens is 262 g/mol. The third-order valence-electron chi connectivity index (χ3n) is 3.67. The fourth-order valence-corrected chi connectivity index (χ4v) is 2.39. The topological polar surface area (TPSA) is 110 Å². The predicted molar refractivity (Wildman–Crippen MR) is 72.4 cm³/mol. The van der Waals surface area contributed by atoms with Crippen molar-refractivity contribution in [1.29, 1.82) is 0 Å². The number of rotatable bonds is 3. The van der Waals surface area contributed by atoms with E-state index in [1.807, 2.05) is 6.92 Å². The Labute approximate surface area is 116 Å². The van der Waals surface area contributed by atoms with Gasteiger partial charge in [-0.2, -0.15) is 0 Å². The fourth-order valence-electron chi connectivity index (χ4n) is 2.39. The van der Waals surface area contributed by atoms with Crippen LogP contribution < -0.4 is 5.73 Å². The van der Waals surface area contributed by atoms with E-state index in [9.17, 15) is 20.0 Å². The number of carbonyl (C=O) groups is 1. The molecule has 0 radical (unpaired) electrons. The molecule has 7 nitrogen and oxygen atoms in total. The van der Waals surface area contributed by atoms with Crippen molar-refractivity contribution in [3.63, 3.8) is 0 Å². The van der Waals surface area contributed by atoms with Crippen molar-refractivity contribution in [1.82, 2.24) is 4.90 Å². The van der Waals surface area contributed by atoms with E-state index in [2.05, 4.69) is 0 Å². The minimum Gasteiger partial charge on any atom is -0.502 e. The number of benzene rings is 1. The molecule has 1 fully saturated rings. The van der Waals surface area contributed by atoms with Crippen LogP contribution in [-0.2, 0) is 0 Å². The molecule has 1 aliphatic rings. The molecule has 2 unspecified atom stereocenters. The molecule has 1 heterocycles. The maximum absolute atomic E-state index is 12.3. The molecule has 108 valence electrons. The van der Waals surface area contributed by atoms with E-state index in [0.29, 0.717) is 13.1 Å². The highest BCUT2D eigenvalue weighted by Crippen LogP contribution is 2.28. The second-order valence-electron chi connectivity index (χ2n) is 5.12. The average Bonchev–Trinajstić information content (AvgIpc) is 2.87. The molecule has 0 aromatic heterocycles. The van der Waals surface area contributed by atoms with E-state index in [4.69, 9.17) is 5.73 Å². The van der Waals surface area contributed by atoms with Gasteiger partial charge in [-0.05, 0) is 31.4 Å². The molecule has 0 aliphatic carbocycles. The van der Waals surface area contributed by atoms with E-state index in [-0.39, 0.29) is 23.4 Å². The first-order valence-corrected chi connectivity index (χ1v) is 6.42. The number of carbonyl (C=O) groups excluding carboxylic acids is 1. The Morgan fingerprint density at radius 1 is 1.60 bits per heavy atom. The van der Waals surface area contributed by atoms with Gasteiger partial charge in [-0.25, -0.2) is 0 Å². The predicted octanol–water partition coefficient (Wildman–Crippen LogP) is 1.11. The van der Waals surface area contributed by atoms with Gasteiger partial charge in [-0.3, -0.25) is 14.9 Å². The molecule has 0 saturated carbocycles. The average molecular weight is 279 g/mol. The lowest BCUT2D eigenvalue weighted by Gasteiger charge is -2.18. The van der Waals surface area contributed by atoms with E-state index in [1.54, 1.807) is 4.90 Å². The Hall–Kier alpha value is -2.15. The molecule has 0 bridgehead atoms. The molecule has 1 saturated heterocycles. The summed E-state index contributed by atoms with van der Waals surface area (Å²) in [6.45, 7) is 3.10. The van der Waals surface area contributed by atoms with Crippen molar-refractivity contribution >= 4 is 11.6 Å². The second-order valence-corrected chi connectivity index (χ2v) is 5.12. The first-order chi connectivity index (χ1) is 9.40. The largest absolute Gasteiger partial charge is 0.502 e. The van der Waals surface area contributed by atoms with Gasteiger partial charge in [-0.1, -0.05) is 0 Å². The number of phenols is 1. The quantitative estimate of drug-likeness (QED) is 0.636. The highest BCUT2D eigenvalue weighted by molar-refractivity contribution is 5.95. The fraction of sp³-hybridized carbons (Fsp3) is 0.462. The summed E-state index contributed by atoms with van der Waals surface area (Å²) >= 11 is 0. The monoisotopic (exact) mass is 279 g/mol. The standard InChI is InChI=1S/C13H17N3O4/c1-8(14)10-4-5-15(7-10)13(18)9-2-3-11(16(19)20)12(17)6-9/h2-3,6,8,10,17H,4-5,7,14H2,1H3. The first-order valence-electron chi connectivity index (χ1n) is 6.42. The zero-order valence-electron chi connectivity index (χ0n) is 11.2. The van der Waals surface area contributed by atoms with Crippen LogP contribution in [0.5, 0.6) is 5.75 Å². The number of nitro groups is 1. The Balaban J connectivity index is 2.14. The minimum absolute atomic E-state index is 0.0260. The van der Waals surface area contributed by atoms with Crippen LogP contribution in [0, 0.1) is 16.0 Å². The molecule has 2 rings (SSSR count). The van der Waals surface area contributed by atoms with Crippen molar-refractivity contribution < 1.29 is 14.8 Å². The van der Waals surface area contributed by atoms with Crippen LogP contribution in [0.2, 0.25) is 0 Å². The molecule has 1 aromatic carbocycles. The Bertz CT molecular complexity index is 544. The van der Waals surface area contributed by atoms with Gasteiger partial charge in [0.05, 0.1) is 4.92 Å². The summed E-state index contributed by atoms with van der Waals surface area (Å²) in [5.74, 6) is -0.465. The number of nitro benzene ring substituents is 1. The van der Waals surface area contributed by atoms with Gasteiger partial charge in [0.15, 0.2) is 5.75 Å². The number of aromatic hydroxyl groups is 1. The van der Waals surface area contributed by atoms with Crippen LogP contribution in [0.4, 0.5) is 5.69 Å².